The van der Waals surface area contributed by atoms with Gasteiger partial charge in [-0.05, 0) is 57.8 Å². The highest BCUT2D eigenvalue weighted by atomic mass is 16.6. The van der Waals surface area contributed by atoms with E-state index in [2.05, 4.69) is 57.2 Å². The molecule has 0 saturated carbocycles. The van der Waals surface area contributed by atoms with E-state index in [0.717, 1.165) is 83.5 Å². The lowest BCUT2D eigenvalue weighted by Crippen LogP contribution is -2.30. The van der Waals surface area contributed by atoms with Crippen molar-refractivity contribution >= 4 is 17.9 Å². The highest BCUT2D eigenvalue weighted by molar-refractivity contribution is 5.71. The Morgan fingerprint density at radius 1 is 0.328 bits per heavy atom. The van der Waals surface area contributed by atoms with Crippen molar-refractivity contribution in [2.24, 2.45) is 0 Å². The van der Waals surface area contributed by atoms with Crippen molar-refractivity contribution < 1.29 is 28.6 Å². The molecule has 0 aliphatic carbocycles. The molecule has 1 atom stereocenters. The lowest BCUT2D eigenvalue weighted by Gasteiger charge is -2.18. The Bertz CT molecular complexity index is 1030. The Morgan fingerprint density at radius 3 is 0.951 bits per heavy atom. The van der Waals surface area contributed by atoms with E-state index in [0.29, 0.717) is 19.3 Å². The number of unbranched alkanes of at least 4 members (excludes halogenated alkanes) is 31. The fraction of sp³-hybridized carbons (Fsp3) is 0.836. The molecule has 0 N–H and O–H groups in total. The molecule has 0 radical (unpaired) electrons. The molecule has 0 aromatic heterocycles. The summed E-state index contributed by atoms with van der Waals surface area (Å²) in [7, 11) is 0. The topological polar surface area (TPSA) is 78.9 Å². The molecule has 0 amide bonds. The van der Waals surface area contributed by atoms with Gasteiger partial charge in [0.1, 0.15) is 13.2 Å². The minimum Gasteiger partial charge on any atom is -0.462 e. The second-order valence-electron chi connectivity index (χ2n) is 17.8. The van der Waals surface area contributed by atoms with Gasteiger partial charge < -0.3 is 14.2 Å². The minimum absolute atomic E-state index is 0.0747. The molecule has 0 fully saturated rings. The van der Waals surface area contributed by atoms with Crippen molar-refractivity contribution in [3.8, 4) is 0 Å². The van der Waals surface area contributed by atoms with Gasteiger partial charge in [-0.1, -0.05) is 237 Å². The molecular formula is C55H100O6. The highest BCUT2D eigenvalue weighted by Crippen LogP contribution is 2.16. The number of hydrogen-bond donors (Lipinski definition) is 0. The standard InChI is InChI=1S/C55H100O6/c1-4-7-10-13-15-17-19-21-23-25-27-29-31-33-35-37-39-42-45-48-54(57)60-51-52(50-59-53(56)47-44-41-12-9-6-3)61-55(58)49-46-43-40-38-36-34-32-30-28-26-24-22-20-18-16-14-11-8-5-2/h15,17,21,23,27,29,52H,4-14,16,18-20,22,24-26,28,30-51H2,1-3H3/b17-15-,23-21-,29-27-. The Kier molecular flexibility index (Phi) is 48.3. The van der Waals surface area contributed by atoms with Crippen molar-refractivity contribution in [2.45, 2.75) is 284 Å². The Hall–Kier alpha value is -2.37. The van der Waals surface area contributed by atoms with E-state index in [1.807, 2.05) is 0 Å². The lowest BCUT2D eigenvalue weighted by molar-refractivity contribution is -0.167. The molecule has 0 rings (SSSR count). The molecule has 1 unspecified atom stereocenters. The van der Waals surface area contributed by atoms with Crippen LogP contribution in [0.15, 0.2) is 36.5 Å². The zero-order chi connectivity index (χ0) is 44.4. The van der Waals surface area contributed by atoms with Gasteiger partial charge in [-0.25, -0.2) is 0 Å². The van der Waals surface area contributed by atoms with Crippen LogP contribution in [0.25, 0.3) is 0 Å². The average Bonchev–Trinajstić information content (AvgIpc) is 3.26. The van der Waals surface area contributed by atoms with E-state index in [1.165, 1.54) is 154 Å². The van der Waals surface area contributed by atoms with E-state index in [9.17, 15) is 14.4 Å². The normalized spacial score (nSPS) is 12.2. The van der Waals surface area contributed by atoms with Crippen LogP contribution in [0.4, 0.5) is 0 Å². The first kappa shape index (κ1) is 58.6. The van der Waals surface area contributed by atoms with Gasteiger partial charge in [0, 0.05) is 19.3 Å². The Balaban J connectivity index is 4.14. The molecule has 0 aromatic carbocycles. The van der Waals surface area contributed by atoms with Crippen LogP contribution in [0.5, 0.6) is 0 Å². The second-order valence-corrected chi connectivity index (χ2v) is 17.8. The molecule has 6 nitrogen and oxygen atoms in total. The predicted molar refractivity (Wildman–Crippen MR) is 261 cm³/mol. The number of carbonyl (C=O) groups excluding carboxylic acids is 3. The van der Waals surface area contributed by atoms with E-state index in [-0.39, 0.29) is 31.1 Å². The molecule has 0 saturated heterocycles. The molecule has 0 heterocycles. The maximum Gasteiger partial charge on any atom is 0.306 e. The molecule has 0 aliphatic heterocycles. The fourth-order valence-corrected chi connectivity index (χ4v) is 7.63. The monoisotopic (exact) mass is 857 g/mol. The summed E-state index contributed by atoms with van der Waals surface area (Å²) in [5.74, 6) is -0.889. The number of rotatable bonds is 48. The van der Waals surface area contributed by atoms with Gasteiger partial charge in [0.25, 0.3) is 0 Å². The van der Waals surface area contributed by atoms with Gasteiger partial charge in [-0.15, -0.1) is 0 Å². The molecule has 0 aromatic rings. The van der Waals surface area contributed by atoms with Crippen molar-refractivity contribution in [1.82, 2.24) is 0 Å². The summed E-state index contributed by atoms with van der Waals surface area (Å²) in [4.78, 5) is 37.7. The van der Waals surface area contributed by atoms with Gasteiger partial charge in [-0.2, -0.15) is 0 Å². The van der Waals surface area contributed by atoms with Crippen LogP contribution in [0.1, 0.15) is 278 Å². The van der Waals surface area contributed by atoms with E-state index in [4.69, 9.17) is 14.2 Å². The van der Waals surface area contributed by atoms with Crippen LogP contribution >= 0.6 is 0 Å². The van der Waals surface area contributed by atoms with Crippen LogP contribution in [0.2, 0.25) is 0 Å². The summed E-state index contributed by atoms with van der Waals surface area (Å²) in [6.07, 6.45) is 58.8. The quantitative estimate of drug-likeness (QED) is 0.0262. The van der Waals surface area contributed by atoms with Gasteiger partial charge in [0.15, 0.2) is 6.10 Å². The summed E-state index contributed by atoms with van der Waals surface area (Å²) in [5.41, 5.74) is 0. The first-order chi connectivity index (χ1) is 30.0. The van der Waals surface area contributed by atoms with Crippen molar-refractivity contribution in [3.05, 3.63) is 36.5 Å². The molecule has 0 spiro atoms. The van der Waals surface area contributed by atoms with Crippen LogP contribution < -0.4 is 0 Å². The summed E-state index contributed by atoms with van der Waals surface area (Å²) in [5, 5.41) is 0. The van der Waals surface area contributed by atoms with Crippen LogP contribution in [0.3, 0.4) is 0 Å². The van der Waals surface area contributed by atoms with Crippen LogP contribution in [-0.2, 0) is 28.6 Å². The van der Waals surface area contributed by atoms with Crippen LogP contribution in [0, 0.1) is 0 Å². The minimum atomic E-state index is -0.770. The SMILES string of the molecule is CCCCC/C=C\C/C=C\C/C=C\CCCCCCCCC(=O)OCC(COC(=O)CCCCCCC)OC(=O)CCCCCCCCCCCCCCCCCCCCC. The lowest BCUT2D eigenvalue weighted by atomic mass is 10.0. The summed E-state index contributed by atoms with van der Waals surface area (Å²) in [6, 6.07) is 0. The third-order valence-electron chi connectivity index (χ3n) is 11.6. The third kappa shape index (κ3) is 48.5. The summed E-state index contributed by atoms with van der Waals surface area (Å²) in [6.45, 7) is 6.54. The molecular weight excluding hydrogens is 757 g/mol. The van der Waals surface area contributed by atoms with Crippen molar-refractivity contribution in [2.75, 3.05) is 13.2 Å². The molecule has 61 heavy (non-hydrogen) atoms. The second kappa shape index (κ2) is 50.3. The number of carbonyl (C=O) groups is 3. The molecule has 6 heteroatoms. The third-order valence-corrected chi connectivity index (χ3v) is 11.6. The molecule has 0 aliphatic rings. The Morgan fingerprint density at radius 2 is 0.590 bits per heavy atom. The largest absolute Gasteiger partial charge is 0.462 e. The number of hydrogen-bond acceptors (Lipinski definition) is 6. The Labute approximate surface area is 378 Å². The molecule has 356 valence electrons. The number of allylic oxidation sites excluding steroid dienone is 6. The van der Waals surface area contributed by atoms with E-state index < -0.39 is 6.10 Å². The first-order valence-electron chi connectivity index (χ1n) is 26.5. The van der Waals surface area contributed by atoms with Crippen molar-refractivity contribution in [1.29, 1.82) is 0 Å². The number of ether oxygens (including phenoxy) is 3. The van der Waals surface area contributed by atoms with Crippen molar-refractivity contribution in [3.63, 3.8) is 0 Å². The number of esters is 3. The van der Waals surface area contributed by atoms with Gasteiger partial charge in [-0.3, -0.25) is 14.4 Å². The van der Waals surface area contributed by atoms with Gasteiger partial charge in [0.2, 0.25) is 0 Å². The zero-order valence-corrected chi connectivity index (χ0v) is 40.7. The fourth-order valence-electron chi connectivity index (χ4n) is 7.63. The van der Waals surface area contributed by atoms with E-state index >= 15 is 0 Å². The average molecular weight is 857 g/mol. The maximum absolute atomic E-state index is 12.7. The maximum atomic E-state index is 12.7. The first-order valence-corrected chi connectivity index (χ1v) is 26.5. The molecule has 0 bridgehead atoms. The highest BCUT2D eigenvalue weighted by Gasteiger charge is 2.19. The summed E-state index contributed by atoms with van der Waals surface area (Å²) >= 11 is 0. The summed E-state index contributed by atoms with van der Waals surface area (Å²) < 4.78 is 16.7. The zero-order valence-electron chi connectivity index (χ0n) is 40.7. The van der Waals surface area contributed by atoms with Gasteiger partial charge >= 0.3 is 17.9 Å². The predicted octanol–water partition coefficient (Wildman–Crippen LogP) is 17.3. The smallest absolute Gasteiger partial charge is 0.306 e. The van der Waals surface area contributed by atoms with Gasteiger partial charge in [0.05, 0.1) is 0 Å². The van der Waals surface area contributed by atoms with Crippen LogP contribution in [-0.4, -0.2) is 37.2 Å². The van der Waals surface area contributed by atoms with E-state index in [1.54, 1.807) is 0 Å².